The number of halogens is 1. The van der Waals surface area contributed by atoms with Crippen LogP contribution in [-0.2, 0) is 17.6 Å². The van der Waals surface area contributed by atoms with E-state index in [9.17, 15) is 4.79 Å². The molecular formula is C21H18ClNO2. The second-order valence-corrected chi connectivity index (χ2v) is 6.75. The summed E-state index contributed by atoms with van der Waals surface area (Å²) in [5.74, 6) is 0.445. The fourth-order valence-electron chi connectivity index (χ4n) is 3.36. The molecule has 4 heteroatoms. The third-order valence-electron chi connectivity index (χ3n) is 4.63. The molecule has 0 aliphatic heterocycles. The van der Waals surface area contributed by atoms with Crippen LogP contribution in [0.2, 0.25) is 5.02 Å². The van der Waals surface area contributed by atoms with Crippen molar-refractivity contribution in [1.82, 2.24) is 0 Å². The molecule has 3 nitrogen and oxygen atoms in total. The first kappa shape index (κ1) is 16.0. The van der Waals surface area contributed by atoms with Crippen molar-refractivity contribution in [3.63, 3.8) is 0 Å². The molecule has 0 bridgehead atoms. The topological polar surface area (TPSA) is 38.3 Å². The van der Waals surface area contributed by atoms with E-state index in [2.05, 4.69) is 29.6 Å². The predicted octanol–water partition coefficient (Wildman–Crippen LogP) is 5.00. The van der Waals surface area contributed by atoms with Gasteiger partial charge in [0.25, 0.3) is 5.91 Å². The quantitative estimate of drug-likeness (QED) is 0.718. The summed E-state index contributed by atoms with van der Waals surface area (Å²) in [4.78, 5) is 12.6. The van der Waals surface area contributed by atoms with Crippen LogP contribution in [0, 0.1) is 0 Å². The second-order valence-electron chi connectivity index (χ2n) is 6.32. The fraction of sp³-hybridized carbons (Fsp3) is 0.190. The highest BCUT2D eigenvalue weighted by atomic mass is 35.5. The summed E-state index contributed by atoms with van der Waals surface area (Å²) >= 11 is 5.87. The molecule has 0 spiro atoms. The third-order valence-corrected chi connectivity index (χ3v) is 4.88. The number of carbonyl (C=O) groups is 1. The molecule has 0 saturated heterocycles. The number of nitrogens with one attached hydrogen (secondary N) is 1. The molecule has 1 atom stereocenters. The highest BCUT2D eigenvalue weighted by Gasteiger charge is 2.19. The summed E-state index contributed by atoms with van der Waals surface area (Å²) in [7, 11) is 0. The SMILES string of the molecule is C[C@H](Oc1ccc(Cl)cc1)C(=O)Nc1ccc2c3c(cccc13)CC2. The molecule has 1 amide bonds. The Morgan fingerprint density at radius 3 is 2.52 bits per heavy atom. The first-order valence-electron chi connectivity index (χ1n) is 8.38. The molecule has 3 aromatic rings. The van der Waals surface area contributed by atoms with Crippen molar-refractivity contribution in [2.45, 2.75) is 25.9 Å². The average Bonchev–Trinajstić information content (AvgIpc) is 3.04. The van der Waals surface area contributed by atoms with E-state index in [4.69, 9.17) is 16.3 Å². The van der Waals surface area contributed by atoms with Gasteiger partial charge in [0.05, 0.1) is 0 Å². The number of aryl methyl sites for hydroxylation is 2. The van der Waals surface area contributed by atoms with Crippen LogP contribution in [-0.4, -0.2) is 12.0 Å². The Morgan fingerprint density at radius 2 is 1.76 bits per heavy atom. The van der Waals surface area contributed by atoms with Gasteiger partial charge in [0, 0.05) is 16.1 Å². The minimum Gasteiger partial charge on any atom is -0.481 e. The molecule has 0 heterocycles. The molecule has 0 fully saturated rings. The predicted molar refractivity (Wildman–Crippen MR) is 102 cm³/mol. The van der Waals surface area contributed by atoms with Gasteiger partial charge in [-0.2, -0.15) is 0 Å². The lowest BCUT2D eigenvalue weighted by molar-refractivity contribution is -0.122. The van der Waals surface area contributed by atoms with Gasteiger partial charge in [-0.25, -0.2) is 0 Å². The minimum absolute atomic E-state index is 0.173. The van der Waals surface area contributed by atoms with Gasteiger partial charge in [0.1, 0.15) is 5.75 Å². The number of rotatable bonds is 4. The molecule has 1 N–H and O–H groups in total. The molecule has 25 heavy (non-hydrogen) atoms. The van der Waals surface area contributed by atoms with E-state index in [-0.39, 0.29) is 5.91 Å². The molecule has 4 rings (SSSR count). The zero-order valence-corrected chi connectivity index (χ0v) is 14.6. The van der Waals surface area contributed by atoms with Crippen LogP contribution in [0.25, 0.3) is 10.8 Å². The van der Waals surface area contributed by atoms with Gasteiger partial charge >= 0.3 is 0 Å². The zero-order valence-electron chi connectivity index (χ0n) is 13.9. The number of amides is 1. The molecule has 0 radical (unpaired) electrons. The van der Waals surface area contributed by atoms with Gasteiger partial charge in [-0.3, -0.25) is 4.79 Å². The van der Waals surface area contributed by atoms with Gasteiger partial charge in [-0.05, 0) is 66.6 Å². The maximum absolute atomic E-state index is 12.6. The molecule has 0 aromatic heterocycles. The van der Waals surface area contributed by atoms with Crippen LogP contribution >= 0.6 is 11.6 Å². The Labute approximate surface area is 151 Å². The Kier molecular flexibility index (Phi) is 4.10. The van der Waals surface area contributed by atoms with E-state index >= 15 is 0 Å². The van der Waals surface area contributed by atoms with Crippen LogP contribution in [0.5, 0.6) is 5.75 Å². The van der Waals surface area contributed by atoms with Crippen molar-refractivity contribution in [3.05, 3.63) is 70.7 Å². The summed E-state index contributed by atoms with van der Waals surface area (Å²) < 4.78 is 5.70. The molecule has 126 valence electrons. The van der Waals surface area contributed by atoms with Crippen molar-refractivity contribution in [1.29, 1.82) is 0 Å². The number of hydrogen-bond donors (Lipinski definition) is 1. The van der Waals surface area contributed by atoms with Crippen LogP contribution < -0.4 is 10.1 Å². The molecule has 3 aromatic carbocycles. The van der Waals surface area contributed by atoms with Gasteiger partial charge in [0.15, 0.2) is 6.10 Å². The van der Waals surface area contributed by atoms with E-state index in [1.54, 1.807) is 31.2 Å². The van der Waals surface area contributed by atoms with Crippen molar-refractivity contribution in [2.24, 2.45) is 0 Å². The summed E-state index contributed by atoms with van der Waals surface area (Å²) in [6.45, 7) is 1.74. The van der Waals surface area contributed by atoms with Gasteiger partial charge < -0.3 is 10.1 Å². The van der Waals surface area contributed by atoms with Gasteiger partial charge in [-0.15, -0.1) is 0 Å². The average molecular weight is 352 g/mol. The Bertz CT molecular complexity index is 940. The lowest BCUT2D eigenvalue weighted by atomic mass is 10.0. The smallest absolute Gasteiger partial charge is 0.265 e. The number of benzene rings is 3. The summed E-state index contributed by atoms with van der Waals surface area (Å²) in [6, 6.07) is 17.4. The van der Waals surface area contributed by atoms with E-state index in [0.29, 0.717) is 10.8 Å². The number of anilines is 1. The van der Waals surface area contributed by atoms with Crippen LogP contribution in [0.15, 0.2) is 54.6 Å². The fourth-order valence-corrected chi connectivity index (χ4v) is 3.49. The monoisotopic (exact) mass is 351 g/mol. The summed E-state index contributed by atoms with van der Waals surface area (Å²) in [5, 5.41) is 6.03. The Morgan fingerprint density at radius 1 is 1.04 bits per heavy atom. The molecule has 1 aliphatic carbocycles. The van der Waals surface area contributed by atoms with Crippen molar-refractivity contribution >= 4 is 34.0 Å². The highest BCUT2D eigenvalue weighted by molar-refractivity contribution is 6.30. The maximum atomic E-state index is 12.6. The minimum atomic E-state index is -0.607. The second kappa shape index (κ2) is 6.41. The number of ether oxygens (including phenoxy) is 1. The molecule has 1 aliphatic rings. The number of hydrogen-bond acceptors (Lipinski definition) is 2. The largest absolute Gasteiger partial charge is 0.481 e. The van der Waals surface area contributed by atoms with E-state index in [1.807, 2.05) is 6.07 Å². The standard InChI is InChI=1S/C21H18ClNO2/c1-13(25-17-10-8-16(22)9-11-17)21(24)23-19-12-7-15-6-5-14-3-2-4-18(19)20(14)15/h2-4,7-13H,5-6H2,1H3,(H,23,24)/t13-/m0/s1. The van der Waals surface area contributed by atoms with E-state index in [0.717, 1.165) is 23.9 Å². The molecular weight excluding hydrogens is 334 g/mol. The summed E-state index contributed by atoms with van der Waals surface area (Å²) in [6.07, 6.45) is 1.53. The molecule has 0 saturated carbocycles. The highest BCUT2D eigenvalue weighted by Crippen LogP contribution is 2.35. The van der Waals surface area contributed by atoms with Crippen molar-refractivity contribution in [3.8, 4) is 5.75 Å². The third kappa shape index (κ3) is 3.08. The van der Waals surface area contributed by atoms with Crippen molar-refractivity contribution in [2.75, 3.05) is 5.32 Å². The lowest BCUT2D eigenvalue weighted by Crippen LogP contribution is -2.30. The number of carbonyl (C=O) groups excluding carboxylic acids is 1. The van der Waals surface area contributed by atoms with Crippen LogP contribution in [0.3, 0.4) is 0 Å². The Balaban J connectivity index is 1.55. The van der Waals surface area contributed by atoms with Crippen LogP contribution in [0.4, 0.5) is 5.69 Å². The van der Waals surface area contributed by atoms with Gasteiger partial charge in [-0.1, -0.05) is 35.9 Å². The van der Waals surface area contributed by atoms with E-state index in [1.165, 1.54) is 16.5 Å². The first-order valence-corrected chi connectivity index (χ1v) is 8.76. The first-order chi connectivity index (χ1) is 12.1. The van der Waals surface area contributed by atoms with Crippen LogP contribution in [0.1, 0.15) is 18.1 Å². The normalized spacial score (nSPS) is 13.7. The Hall–Kier alpha value is -2.52. The maximum Gasteiger partial charge on any atom is 0.265 e. The molecule has 0 unspecified atom stereocenters. The summed E-state index contributed by atoms with van der Waals surface area (Å²) in [5.41, 5.74) is 3.54. The lowest BCUT2D eigenvalue weighted by Gasteiger charge is -2.16. The zero-order chi connectivity index (χ0) is 17.4. The van der Waals surface area contributed by atoms with Gasteiger partial charge in [0.2, 0.25) is 0 Å². The van der Waals surface area contributed by atoms with E-state index < -0.39 is 6.10 Å². The van der Waals surface area contributed by atoms with Crippen molar-refractivity contribution < 1.29 is 9.53 Å².